The average Bonchev–Trinajstić information content (AvgIpc) is 2.83. The van der Waals surface area contributed by atoms with E-state index in [4.69, 9.17) is 10.9 Å². The van der Waals surface area contributed by atoms with Crippen molar-refractivity contribution in [1.82, 2.24) is 9.97 Å². The molecule has 7 nitrogen and oxygen atoms in total. The lowest BCUT2D eigenvalue weighted by atomic mass is 10.2. The first-order valence-electron chi connectivity index (χ1n) is 5.62. The van der Waals surface area contributed by atoms with Gasteiger partial charge in [-0.15, -0.1) is 0 Å². The van der Waals surface area contributed by atoms with Gasteiger partial charge in [0.1, 0.15) is 10.7 Å². The van der Waals surface area contributed by atoms with Crippen LogP contribution in [0.15, 0.2) is 35.5 Å². The first kappa shape index (κ1) is 13.4. The topological polar surface area (TPSA) is 127 Å². The van der Waals surface area contributed by atoms with Crippen LogP contribution in [0.2, 0.25) is 0 Å². The van der Waals surface area contributed by atoms with Gasteiger partial charge in [0.25, 0.3) is 0 Å². The molecule has 0 saturated heterocycles. The highest BCUT2D eigenvalue weighted by molar-refractivity contribution is 7.89. The molecule has 0 bridgehead atoms. The van der Waals surface area contributed by atoms with E-state index in [1.807, 2.05) is 0 Å². The Bertz CT molecular complexity index is 652. The number of hydrogen-bond donors (Lipinski definition) is 4. The molecule has 0 fully saturated rings. The molecule has 0 spiro atoms. The second-order valence-electron chi connectivity index (χ2n) is 3.98. The number of nitrogens with one attached hydrogen (secondary N) is 2. The third kappa shape index (κ3) is 3.24. The summed E-state index contributed by atoms with van der Waals surface area (Å²) in [7, 11) is -3.81. The van der Waals surface area contributed by atoms with Crippen molar-refractivity contribution in [3.8, 4) is 0 Å². The lowest BCUT2D eigenvalue weighted by molar-refractivity contribution is 0.598. The molecule has 1 heterocycles. The Morgan fingerprint density at radius 2 is 2.16 bits per heavy atom. The van der Waals surface area contributed by atoms with E-state index in [-0.39, 0.29) is 10.6 Å². The summed E-state index contributed by atoms with van der Waals surface area (Å²) in [6.07, 6.45) is 4.09. The number of benzene rings is 1. The fraction of sp³-hybridized carbons (Fsp3) is 0.182. The maximum Gasteiger partial charge on any atom is 0.240 e. The summed E-state index contributed by atoms with van der Waals surface area (Å²) in [6, 6.07) is 4.67. The van der Waals surface area contributed by atoms with Crippen LogP contribution >= 0.6 is 0 Å². The number of nitrogens with zero attached hydrogens (tertiary/aromatic N) is 1. The van der Waals surface area contributed by atoms with Crippen molar-refractivity contribution >= 4 is 21.4 Å². The minimum absolute atomic E-state index is 0.0736. The maximum atomic E-state index is 11.3. The monoisotopic (exact) mass is 281 g/mol. The maximum absolute atomic E-state index is 11.3. The minimum atomic E-state index is -3.81. The summed E-state index contributed by atoms with van der Waals surface area (Å²) in [5, 5.41) is 8.14. The zero-order valence-corrected chi connectivity index (χ0v) is 10.9. The van der Waals surface area contributed by atoms with Crippen LogP contribution in [0.25, 0.3) is 0 Å². The van der Waals surface area contributed by atoms with Crippen molar-refractivity contribution in [1.29, 1.82) is 0 Å². The van der Waals surface area contributed by atoms with Gasteiger partial charge in [-0.1, -0.05) is 6.07 Å². The molecule has 0 unspecified atom stereocenters. The summed E-state index contributed by atoms with van der Waals surface area (Å²) in [6.45, 7) is 0.575. The number of nitrogens with two attached hydrogens (primary N) is 2. The molecule has 0 aliphatic rings. The molecule has 1 aromatic heterocycles. The normalized spacial score (nSPS) is 11.4. The molecule has 0 radical (unpaired) electrons. The van der Waals surface area contributed by atoms with E-state index in [0.717, 1.165) is 5.82 Å². The van der Waals surface area contributed by atoms with Gasteiger partial charge in [0.05, 0.1) is 11.4 Å². The van der Waals surface area contributed by atoms with E-state index in [0.29, 0.717) is 18.7 Å². The number of anilines is 2. The first-order chi connectivity index (χ1) is 8.98. The van der Waals surface area contributed by atoms with Gasteiger partial charge in [0.15, 0.2) is 0 Å². The van der Waals surface area contributed by atoms with Crippen molar-refractivity contribution in [2.24, 2.45) is 5.14 Å². The molecule has 6 N–H and O–H groups in total. The van der Waals surface area contributed by atoms with E-state index in [9.17, 15) is 8.42 Å². The second-order valence-corrected chi connectivity index (χ2v) is 5.50. The molecular formula is C11H15N5O2S. The second kappa shape index (κ2) is 5.29. The van der Waals surface area contributed by atoms with Crippen LogP contribution < -0.4 is 16.2 Å². The number of H-pyrrole nitrogens is 1. The highest BCUT2D eigenvalue weighted by atomic mass is 32.2. The fourth-order valence-electron chi connectivity index (χ4n) is 1.70. The summed E-state index contributed by atoms with van der Waals surface area (Å²) < 4.78 is 22.6. The van der Waals surface area contributed by atoms with Gasteiger partial charge in [0, 0.05) is 25.4 Å². The van der Waals surface area contributed by atoms with Gasteiger partial charge >= 0.3 is 0 Å². The van der Waals surface area contributed by atoms with Gasteiger partial charge in [-0.05, 0) is 12.1 Å². The number of imidazole rings is 1. The van der Waals surface area contributed by atoms with Crippen molar-refractivity contribution in [3.05, 3.63) is 36.4 Å². The molecular weight excluding hydrogens is 266 g/mol. The van der Waals surface area contributed by atoms with Crippen molar-refractivity contribution < 1.29 is 8.42 Å². The highest BCUT2D eigenvalue weighted by Crippen LogP contribution is 2.25. The number of aromatic nitrogens is 2. The van der Waals surface area contributed by atoms with E-state index < -0.39 is 10.0 Å². The minimum Gasteiger partial charge on any atom is -0.396 e. The number of nitrogen functional groups attached to an aromatic ring is 1. The quantitative estimate of drug-likeness (QED) is 0.586. The van der Waals surface area contributed by atoms with E-state index in [1.54, 1.807) is 24.5 Å². The summed E-state index contributed by atoms with van der Waals surface area (Å²) >= 11 is 0. The lowest BCUT2D eigenvalue weighted by Gasteiger charge is -2.11. The number of aromatic amines is 1. The molecule has 0 saturated carbocycles. The van der Waals surface area contributed by atoms with Crippen LogP contribution in [0.3, 0.4) is 0 Å². The zero-order valence-electron chi connectivity index (χ0n) is 10.1. The lowest BCUT2D eigenvalue weighted by Crippen LogP contribution is -2.16. The molecule has 102 valence electrons. The Morgan fingerprint density at radius 3 is 2.79 bits per heavy atom. The smallest absolute Gasteiger partial charge is 0.240 e. The largest absolute Gasteiger partial charge is 0.396 e. The van der Waals surface area contributed by atoms with Crippen molar-refractivity contribution in [3.63, 3.8) is 0 Å². The number of sulfonamides is 1. The van der Waals surface area contributed by atoms with E-state index >= 15 is 0 Å². The number of rotatable bonds is 5. The van der Waals surface area contributed by atoms with Crippen molar-refractivity contribution in [2.45, 2.75) is 11.3 Å². The first-order valence-corrected chi connectivity index (χ1v) is 7.16. The SMILES string of the molecule is Nc1c(NCCc2ncc[nH]2)cccc1S(N)(=O)=O. The fourth-order valence-corrected chi connectivity index (χ4v) is 2.38. The van der Waals surface area contributed by atoms with Crippen LogP contribution in [0.1, 0.15) is 5.82 Å². The van der Waals surface area contributed by atoms with Crippen molar-refractivity contribution in [2.75, 3.05) is 17.6 Å². The summed E-state index contributed by atoms with van der Waals surface area (Å²) in [5.74, 6) is 0.841. The molecule has 0 amide bonds. The summed E-state index contributed by atoms with van der Waals surface area (Å²) in [4.78, 5) is 6.99. The molecule has 2 rings (SSSR count). The number of para-hydroxylation sites is 1. The molecule has 1 aromatic carbocycles. The van der Waals surface area contributed by atoms with Crippen LogP contribution in [0, 0.1) is 0 Å². The Labute approximate surface area is 111 Å². The third-order valence-corrected chi connectivity index (χ3v) is 3.57. The Hall–Kier alpha value is -2.06. The standard InChI is InChI=1S/C11H15N5O2S/c12-11-8(2-1-3-9(11)19(13,17)18)14-5-4-10-15-6-7-16-10/h1-3,6-7,14H,4-5,12H2,(H,15,16)(H2,13,17,18). The Balaban J connectivity index is 2.09. The zero-order chi connectivity index (χ0) is 13.9. The summed E-state index contributed by atoms with van der Waals surface area (Å²) in [5.41, 5.74) is 6.45. The predicted octanol–water partition coefficient (Wildman–Crippen LogP) is 0.294. The van der Waals surface area contributed by atoms with E-state index in [2.05, 4.69) is 15.3 Å². The molecule has 19 heavy (non-hydrogen) atoms. The molecule has 2 aromatic rings. The van der Waals surface area contributed by atoms with Gasteiger partial charge < -0.3 is 16.0 Å². The van der Waals surface area contributed by atoms with Crippen LogP contribution in [0.5, 0.6) is 0 Å². The number of primary sulfonamides is 1. The van der Waals surface area contributed by atoms with Crippen LogP contribution in [0.4, 0.5) is 11.4 Å². The Kier molecular flexibility index (Phi) is 3.72. The number of hydrogen-bond acceptors (Lipinski definition) is 5. The van der Waals surface area contributed by atoms with Gasteiger partial charge in [0.2, 0.25) is 10.0 Å². The van der Waals surface area contributed by atoms with Gasteiger partial charge in [-0.3, -0.25) is 0 Å². The molecule has 8 heteroatoms. The highest BCUT2D eigenvalue weighted by Gasteiger charge is 2.14. The molecule has 0 aliphatic carbocycles. The molecule has 0 atom stereocenters. The molecule has 0 aliphatic heterocycles. The van der Waals surface area contributed by atoms with Crippen LogP contribution in [-0.4, -0.2) is 24.9 Å². The Morgan fingerprint density at radius 1 is 1.37 bits per heavy atom. The van der Waals surface area contributed by atoms with E-state index in [1.165, 1.54) is 6.07 Å². The van der Waals surface area contributed by atoms with Gasteiger partial charge in [-0.2, -0.15) is 0 Å². The third-order valence-electron chi connectivity index (χ3n) is 2.60. The average molecular weight is 281 g/mol. The predicted molar refractivity (Wildman–Crippen MR) is 73.0 cm³/mol. The van der Waals surface area contributed by atoms with Crippen LogP contribution in [-0.2, 0) is 16.4 Å². The van der Waals surface area contributed by atoms with Gasteiger partial charge in [-0.25, -0.2) is 18.5 Å².